The second-order valence-corrected chi connectivity index (χ2v) is 4.40. The Morgan fingerprint density at radius 2 is 2.00 bits per heavy atom. The molecule has 12 heavy (non-hydrogen) atoms. The minimum absolute atomic E-state index is 0.190. The Balaban J connectivity index is 3.51. The SMILES string of the molecule is COCCC(C)CCS(=O)(=O)F. The van der Waals surface area contributed by atoms with Crippen molar-refractivity contribution in [2.24, 2.45) is 5.92 Å². The standard InChI is InChI=1S/C7H15FO3S/c1-7(3-5-11-2)4-6-12(8,9)10/h7H,3-6H2,1-2H3. The van der Waals surface area contributed by atoms with Crippen LogP contribution in [0.25, 0.3) is 0 Å². The van der Waals surface area contributed by atoms with Gasteiger partial charge in [0, 0.05) is 13.7 Å². The van der Waals surface area contributed by atoms with E-state index < -0.39 is 10.2 Å². The van der Waals surface area contributed by atoms with Gasteiger partial charge in [-0.3, -0.25) is 0 Å². The Kier molecular flexibility index (Phi) is 5.41. The van der Waals surface area contributed by atoms with E-state index in [9.17, 15) is 12.3 Å². The van der Waals surface area contributed by atoms with Gasteiger partial charge in [-0.25, -0.2) is 0 Å². The molecule has 0 spiro atoms. The van der Waals surface area contributed by atoms with Crippen LogP contribution in [0.5, 0.6) is 0 Å². The highest BCUT2D eigenvalue weighted by Gasteiger charge is 2.10. The van der Waals surface area contributed by atoms with Crippen molar-refractivity contribution in [1.82, 2.24) is 0 Å². The molecule has 0 amide bonds. The van der Waals surface area contributed by atoms with Crippen LogP contribution in [0.15, 0.2) is 0 Å². The first kappa shape index (κ1) is 11.8. The zero-order valence-electron chi connectivity index (χ0n) is 7.42. The molecule has 0 heterocycles. The van der Waals surface area contributed by atoms with Gasteiger partial charge in [0.2, 0.25) is 0 Å². The van der Waals surface area contributed by atoms with Crippen LogP contribution in [0.2, 0.25) is 0 Å². The lowest BCUT2D eigenvalue weighted by molar-refractivity contribution is 0.179. The molecule has 5 heteroatoms. The minimum Gasteiger partial charge on any atom is -0.385 e. The van der Waals surface area contributed by atoms with Crippen LogP contribution in [0, 0.1) is 5.92 Å². The molecular formula is C7H15FO3S. The van der Waals surface area contributed by atoms with Gasteiger partial charge in [0.15, 0.2) is 0 Å². The van der Waals surface area contributed by atoms with E-state index in [-0.39, 0.29) is 11.7 Å². The summed E-state index contributed by atoms with van der Waals surface area (Å²) < 4.78 is 37.0. The molecule has 0 saturated carbocycles. The Morgan fingerprint density at radius 1 is 1.42 bits per heavy atom. The molecule has 1 atom stereocenters. The molecular weight excluding hydrogens is 183 g/mol. The van der Waals surface area contributed by atoms with Gasteiger partial charge in [-0.15, -0.1) is 3.89 Å². The summed E-state index contributed by atoms with van der Waals surface area (Å²) in [6.45, 7) is 2.47. The van der Waals surface area contributed by atoms with Crippen molar-refractivity contribution in [3.63, 3.8) is 0 Å². The molecule has 1 unspecified atom stereocenters. The molecule has 74 valence electrons. The fourth-order valence-electron chi connectivity index (χ4n) is 0.805. The van der Waals surface area contributed by atoms with Crippen molar-refractivity contribution >= 4 is 10.2 Å². The van der Waals surface area contributed by atoms with Crippen molar-refractivity contribution in [2.45, 2.75) is 19.8 Å². The lowest BCUT2D eigenvalue weighted by Crippen LogP contribution is -2.06. The van der Waals surface area contributed by atoms with Crippen molar-refractivity contribution in [3.05, 3.63) is 0 Å². The van der Waals surface area contributed by atoms with E-state index in [4.69, 9.17) is 4.74 Å². The summed E-state index contributed by atoms with van der Waals surface area (Å²) in [7, 11) is -2.70. The summed E-state index contributed by atoms with van der Waals surface area (Å²) in [6.07, 6.45) is 1.13. The zero-order valence-corrected chi connectivity index (χ0v) is 8.23. The monoisotopic (exact) mass is 198 g/mol. The van der Waals surface area contributed by atoms with Gasteiger partial charge in [0.05, 0.1) is 5.75 Å². The van der Waals surface area contributed by atoms with E-state index in [0.29, 0.717) is 13.0 Å². The van der Waals surface area contributed by atoms with Gasteiger partial charge in [0.1, 0.15) is 0 Å². The van der Waals surface area contributed by atoms with E-state index in [2.05, 4.69) is 0 Å². The van der Waals surface area contributed by atoms with Gasteiger partial charge in [0.25, 0.3) is 0 Å². The first-order valence-electron chi connectivity index (χ1n) is 3.87. The molecule has 0 aromatic carbocycles. The third-order valence-electron chi connectivity index (χ3n) is 1.67. The van der Waals surface area contributed by atoms with Crippen molar-refractivity contribution < 1.29 is 17.0 Å². The second-order valence-electron chi connectivity index (χ2n) is 2.92. The summed E-state index contributed by atoms with van der Waals surface area (Å²) in [5.41, 5.74) is 0. The summed E-state index contributed by atoms with van der Waals surface area (Å²) in [5, 5.41) is 0. The van der Waals surface area contributed by atoms with Crippen molar-refractivity contribution in [3.8, 4) is 0 Å². The highest BCUT2D eigenvalue weighted by atomic mass is 32.3. The highest BCUT2D eigenvalue weighted by Crippen LogP contribution is 2.09. The zero-order chi connectivity index (χ0) is 9.61. The Bertz CT molecular complexity index is 201. The van der Waals surface area contributed by atoms with Crippen LogP contribution < -0.4 is 0 Å². The van der Waals surface area contributed by atoms with Crippen LogP contribution in [0.1, 0.15) is 19.8 Å². The van der Waals surface area contributed by atoms with E-state index in [0.717, 1.165) is 6.42 Å². The number of methoxy groups -OCH3 is 1. The van der Waals surface area contributed by atoms with Crippen LogP contribution in [0.4, 0.5) is 3.89 Å². The van der Waals surface area contributed by atoms with Crippen LogP contribution in [-0.2, 0) is 15.0 Å². The first-order valence-corrected chi connectivity index (χ1v) is 5.42. The molecule has 0 N–H and O–H groups in total. The van der Waals surface area contributed by atoms with E-state index in [1.165, 1.54) is 0 Å². The summed E-state index contributed by atoms with van der Waals surface area (Å²) in [4.78, 5) is 0. The maximum absolute atomic E-state index is 12.0. The molecule has 0 aliphatic carbocycles. The van der Waals surface area contributed by atoms with Gasteiger partial charge >= 0.3 is 10.2 Å². The molecule has 0 fully saturated rings. The molecule has 3 nitrogen and oxygen atoms in total. The van der Waals surface area contributed by atoms with Gasteiger partial charge in [-0.2, -0.15) is 8.42 Å². The lowest BCUT2D eigenvalue weighted by atomic mass is 10.1. The summed E-state index contributed by atoms with van der Waals surface area (Å²) in [6, 6.07) is 0. The molecule has 0 bridgehead atoms. The fourth-order valence-corrected chi connectivity index (χ4v) is 1.49. The molecule has 0 rings (SSSR count). The minimum atomic E-state index is -4.29. The normalized spacial score (nSPS) is 14.6. The first-order chi connectivity index (χ1) is 5.45. The average molecular weight is 198 g/mol. The summed E-state index contributed by atoms with van der Waals surface area (Å²) in [5.74, 6) is -0.187. The third-order valence-corrected chi connectivity index (χ3v) is 2.39. The predicted molar refractivity (Wildman–Crippen MR) is 45.2 cm³/mol. The van der Waals surface area contributed by atoms with Crippen LogP contribution in [-0.4, -0.2) is 27.9 Å². The Labute approximate surface area is 73.1 Å². The quantitative estimate of drug-likeness (QED) is 0.605. The van der Waals surface area contributed by atoms with Crippen molar-refractivity contribution in [1.29, 1.82) is 0 Å². The smallest absolute Gasteiger partial charge is 0.302 e. The van der Waals surface area contributed by atoms with E-state index in [1.54, 1.807) is 7.11 Å². The maximum atomic E-state index is 12.0. The molecule has 0 aliphatic heterocycles. The van der Waals surface area contributed by atoms with Crippen LogP contribution >= 0.6 is 0 Å². The number of hydrogen-bond donors (Lipinski definition) is 0. The largest absolute Gasteiger partial charge is 0.385 e. The van der Waals surface area contributed by atoms with Gasteiger partial charge in [-0.1, -0.05) is 6.92 Å². The molecule has 0 aromatic rings. The Morgan fingerprint density at radius 3 is 2.42 bits per heavy atom. The number of hydrogen-bond acceptors (Lipinski definition) is 3. The average Bonchev–Trinajstić information content (AvgIpc) is 1.95. The second kappa shape index (κ2) is 5.48. The molecule has 0 saturated heterocycles. The number of rotatable bonds is 6. The van der Waals surface area contributed by atoms with Crippen LogP contribution in [0.3, 0.4) is 0 Å². The summed E-state index contributed by atoms with van der Waals surface area (Å²) >= 11 is 0. The fraction of sp³-hybridized carbons (Fsp3) is 1.00. The predicted octanol–water partition coefficient (Wildman–Crippen LogP) is 1.35. The number of halogens is 1. The molecule has 0 aliphatic rings. The maximum Gasteiger partial charge on any atom is 0.302 e. The van der Waals surface area contributed by atoms with Crippen molar-refractivity contribution in [2.75, 3.05) is 19.5 Å². The number of ether oxygens (including phenoxy) is 1. The lowest BCUT2D eigenvalue weighted by Gasteiger charge is -2.07. The van der Waals surface area contributed by atoms with Gasteiger partial charge in [-0.05, 0) is 18.8 Å². The van der Waals surface area contributed by atoms with E-state index in [1.807, 2.05) is 6.92 Å². The molecule has 0 radical (unpaired) electrons. The molecule has 0 aromatic heterocycles. The Hall–Kier alpha value is -0.160. The third kappa shape index (κ3) is 7.94. The topological polar surface area (TPSA) is 43.4 Å². The van der Waals surface area contributed by atoms with Gasteiger partial charge < -0.3 is 4.74 Å². The highest BCUT2D eigenvalue weighted by molar-refractivity contribution is 7.86. The van der Waals surface area contributed by atoms with E-state index >= 15 is 0 Å².